The SMILES string of the molecule is N#Cc1cccnc1N1CCC(NC(=O)C2Cc3ccccc3O2)CC1. The zero-order chi connectivity index (χ0) is 17.9. The first-order valence-corrected chi connectivity index (χ1v) is 8.89. The molecule has 1 aromatic heterocycles. The van der Waals surface area contributed by atoms with Gasteiger partial charge in [0.15, 0.2) is 6.10 Å². The van der Waals surface area contributed by atoms with Crippen molar-refractivity contribution in [1.29, 1.82) is 5.26 Å². The van der Waals surface area contributed by atoms with Crippen LogP contribution in [0.5, 0.6) is 5.75 Å². The van der Waals surface area contributed by atoms with Gasteiger partial charge in [0.1, 0.15) is 17.6 Å². The van der Waals surface area contributed by atoms with Gasteiger partial charge in [-0.15, -0.1) is 0 Å². The smallest absolute Gasteiger partial charge is 0.261 e. The standard InChI is InChI=1S/C20H20N4O2/c21-13-15-5-3-9-22-19(15)24-10-7-16(8-11-24)23-20(25)18-12-14-4-1-2-6-17(14)26-18/h1-6,9,16,18H,7-8,10-12H2,(H,23,25). The predicted octanol–water partition coefficient (Wildman–Crippen LogP) is 2.04. The fourth-order valence-electron chi connectivity index (χ4n) is 3.59. The highest BCUT2D eigenvalue weighted by Crippen LogP contribution is 2.28. The van der Waals surface area contributed by atoms with Crippen molar-refractivity contribution in [3.05, 3.63) is 53.7 Å². The monoisotopic (exact) mass is 348 g/mol. The second-order valence-electron chi connectivity index (χ2n) is 6.67. The molecule has 2 aliphatic rings. The lowest BCUT2D eigenvalue weighted by Gasteiger charge is -2.33. The number of fused-ring (bicyclic) bond motifs is 1. The van der Waals surface area contributed by atoms with Gasteiger partial charge in [0.25, 0.3) is 5.91 Å². The number of carbonyl (C=O) groups is 1. The highest BCUT2D eigenvalue weighted by atomic mass is 16.5. The molecule has 1 amide bonds. The minimum absolute atomic E-state index is 0.0461. The summed E-state index contributed by atoms with van der Waals surface area (Å²) in [6.07, 6.45) is 3.55. The lowest BCUT2D eigenvalue weighted by molar-refractivity contribution is -0.128. The third-order valence-electron chi connectivity index (χ3n) is 4.99. The zero-order valence-electron chi connectivity index (χ0n) is 14.4. The molecule has 3 heterocycles. The maximum Gasteiger partial charge on any atom is 0.261 e. The number of benzene rings is 1. The third-order valence-corrected chi connectivity index (χ3v) is 4.99. The van der Waals surface area contributed by atoms with Crippen molar-refractivity contribution in [2.75, 3.05) is 18.0 Å². The van der Waals surface area contributed by atoms with Crippen LogP contribution >= 0.6 is 0 Å². The van der Waals surface area contributed by atoms with Crippen LogP contribution in [0.1, 0.15) is 24.0 Å². The molecule has 0 saturated carbocycles. The molecule has 2 aliphatic heterocycles. The number of pyridine rings is 1. The summed E-state index contributed by atoms with van der Waals surface area (Å²) in [5.41, 5.74) is 1.67. The Morgan fingerprint density at radius 1 is 1.23 bits per heavy atom. The Hall–Kier alpha value is -3.07. The molecule has 1 atom stereocenters. The normalized spacial score (nSPS) is 19.3. The Labute approximate surface area is 152 Å². The number of amides is 1. The number of hydrogen-bond donors (Lipinski definition) is 1. The van der Waals surface area contributed by atoms with E-state index >= 15 is 0 Å². The van der Waals surface area contributed by atoms with E-state index in [0.717, 1.165) is 43.1 Å². The topological polar surface area (TPSA) is 78.3 Å². The number of aromatic nitrogens is 1. The number of hydrogen-bond acceptors (Lipinski definition) is 5. The molecule has 6 heteroatoms. The molecular weight excluding hydrogens is 328 g/mol. The number of carbonyl (C=O) groups excluding carboxylic acids is 1. The van der Waals surface area contributed by atoms with E-state index in [0.29, 0.717) is 12.0 Å². The Morgan fingerprint density at radius 3 is 2.81 bits per heavy atom. The van der Waals surface area contributed by atoms with Crippen molar-refractivity contribution in [1.82, 2.24) is 10.3 Å². The van der Waals surface area contributed by atoms with E-state index in [1.165, 1.54) is 0 Å². The summed E-state index contributed by atoms with van der Waals surface area (Å²) in [6, 6.07) is 13.7. The highest BCUT2D eigenvalue weighted by Gasteiger charge is 2.31. The summed E-state index contributed by atoms with van der Waals surface area (Å²) in [6.45, 7) is 1.53. The second-order valence-corrected chi connectivity index (χ2v) is 6.67. The van der Waals surface area contributed by atoms with E-state index in [2.05, 4.69) is 21.3 Å². The quantitative estimate of drug-likeness (QED) is 0.918. The fourth-order valence-corrected chi connectivity index (χ4v) is 3.59. The summed E-state index contributed by atoms with van der Waals surface area (Å²) < 4.78 is 5.76. The molecule has 1 N–H and O–H groups in total. The molecule has 1 fully saturated rings. The van der Waals surface area contributed by atoms with Gasteiger partial charge >= 0.3 is 0 Å². The van der Waals surface area contributed by atoms with Crippen molar-refractivity contribution < 1.29 is 9.53 Å². The first-order chi connectivity index (χ1) is 12.7. The number of nitrogens with one attached hydrogen (secondary N) is 1. The van der Waals surface area contributed by atoms with Crippen LogP contribution in [0, 0.1) is 11.3 Å². The molecule has 0 radical (unpaired) electrons. The van der Waals surface area contributed by atoms with Crippen molar-refractivity contribution >= 4 is 11.7 Å². The van der Waals surface area contributed by atoms with E-state index in [4.69, 9.17) is 4.74 Å². The summed E-state index contributed by atoms with van der Waals surface area (Å²) in [5.74, 6) is 1.49. The number of nitriles is 1. The molecule has 6 nitrogen and oxygen atoms in total. The van der Waals surface area contributed by atoms with Gasteiger partial charge in [-0.2, -0.15) is 5.26 Å². The van der Waals surface area contributed by atoms with Crippen LogP contribution in [0.4, 0.5) is 5.82 Å². The average Bonchev–Trinajstić information content (AvgIpc) is 3.13. The lowest BCUT2D eigenvalue weighted by atomic mass is 10.0. The number of para-hydroxylation sites is 1. The van der Waals surface area contributed by atoms with Crippen LogP contribution in [-0.4, -0.2) is 36.1 Å². The first kappa shape index (κ1) is 16.4. The van der Waals surface area contributed by atoms with Crippen molar-refractivity contribution in [3.63, 3.8) is 0 Å². The maximum absolute atomic E-state index is 12.5. The Kier molecular flexibility index (Phi) is 4.44. The van der Waals surface area contributed by atoms with Gasteiger partial charge in [0.05, 0.1) is 5.56 Å². The molecule has 0 spiro atoms. The van der Waals surface area contributed by atoms with E-state index in [1.54, 1.807) is 18.3 Å². The van der Waals surface area contributed by atoms with Gasteiger partial charge in [0, 0.05) is 31.7 Å². The van der Waals surface area contributed by atoms with Crippen LogP contribution in [0.3, 0.4) is 0 Å². The van der Waals surface area contributed by atoms with E-state index in [-0.39, 0.29) is 11.9 Å². The van der Waals surface area contributed by atoms with E-state index in [1.807, 2.05) is 24.3 Å². The number of piperidine rings is 1. The molecule has 1 saturated heterocycles. The van der Waals surface area contributed by atoms with Crippen LogP contribution in [0.2, 0.25) is 0 Å². The summed E-state index contributed by atoms with van der Waals surface area (Å²) in [4.78, 5) is 19.0. The van der Waals surface area contributed by atoms with Gasteiger partial charge in [-0.1, -0.05) is 18.2 Å². The highest BCUT2D eigenvalue weighted by molar-refractivity contribution is 5.82. The molecule has 26 heavy (non-hydrogen) atoms. The molecule has 1 aromatic carbocycles. The molecule has 2 aromatic rings. The molecule has 0 aliphatic carbocycles. The van der Waals surface area contributed by atoms with Crippen LogP contribution in [-0.2, 0) is 11.2 Å². The minimum Gasteiger partial charge on any atom is -0.480 e. The average molecular weight is 348 g/mol. The van der Waals surface area contributed by atoms with Crippen molar-refractivity contribution in [2.24, 2.45) is 0 Å². The Balaban J connectivity index is 1.32. The predicted molar refractivity (Wildman–Crippen MR) is 96.9 cm³/mol. The van der Waals surface area contributed by atoms with Crippen LogP contribution < -0.4 is 15.0 Å². The minimum atomic E-state index is -0.439. The fraction of sp³-hybridized carbons (Fsp3) is 0.350. The summed E-state index contributed by atoms with van der Waals surface area (Å²) >= 11 is 0. The molecule has 0 bridgehead atoms. The summed E-state index contributed by atoms with van der Waals surface area (Å²) in [5, 5.41) is 12.3. The largest absolute Gasteiger partial charge is 0.480 e. The Morgan fingerprint density at radius 2 is 2.04 bits per heavy atom. The lowest BCUT2D eigenvalue weighted by Crippen LogP contribution is -2.48. The zero-order valence-corrected chi connectivity index (χ0v) is 14.4. The van der Waals surface area contributed by atoms with Crippen molar-refractivity contribution in [3.8, 4) is 11.8 Å². The van der Waals surface area contributed by atoms with Gasteiger partial charge < -0.3 is 15.0 Å². The third kappa shape index (κ3) is 3.21. The number of nitrogens with zero attached hydrogens (tertiary/aromatic N) is 3. The first-order valence-electron chi connectivity index (χ1n) is 8.89. The van der Waals surface area contributed by atoms with Gasteiger partial charge in [-0.3, -0.25) is 4.79 Å². The Bertz CT molecular complexity index is 828. The summed E-state index contributed by atoms with van der Waals surface area (Å²) in [7, 11) is 0. The number of anilines is 1. The second kappa shape index (κ2) is 7.04. The van der Waals surface area contributed by atoms with Gasteiger partial charge in [-0.25, -0.2) is 4.98 Å². The molecule has 1 unspecified atom stereocenters. The molecule has 4 rings (SSSR count). The van der Waals surface area contributed by atoms with Crippen LogP contribution in [0.25, 0.3) is 0 Å². The van der Waals surface area contributed by atoms with Crippen molar-refractivity contribution in [2.45, 2.75) is 31.4 Å². The molecule has 132 valence electrons. The number of rotatable bonds is 3. The van der Waals surface area contributed by atoms with E-state index < -0.39 is 6.10 Å². The number of ether oxygens (including phenoxy) is 1. The van der Waals surface area contributed by atoms with Crippen LogP contribution in [0.15, 0.2) is 42.6 Å². The van der Waals surface area contributed by atoms with Gasteiger partial charge in [0.2, 0.25) is 0 Å². The van der Waals surface area contributed by atoms with E-state index in [9.17, 15) is 10.1 Å². The molecular formula is C20H20N4O2. The maximum atomic E-state index is 12.5. The van der Waals surface area contributed by atoms with Gasteiger partial charge in [-0.05, 0) is 36.6 Å².